The SMILES string of the molecule is C.C.C.C=CC(=C)C.CC.CC(C)=CCCCCO[Si](C)(C)C(C)(C)C.[CH2-]CCO[Si](C)(C)C(C)(C)C.[CH3-].[Li+].[Li+]. The van der Waals surface area contributed by atoms with Crippen molar-refractivity contribution in [2.24, 2.45) is 0 Å². The summed E-state index contributed by atoms with van der Waals surface area (Å²) in [5.41, 5.74) is 2.44. The standard InChI is InChI=1S/C14H30OSi.C9H21OSi.C5H8.C2H6.3CH4.CH3.2Li/c1-13(2)11-9-8-10-12-15-16(6,7)14(3,4)5;1-7-8-10-11(5,6)9(2,3)4;1-4-5(2)3;1-2;;;;;;/h11H,8-10,12H2,1-7H3;1,7-8H2,2-6H3;4H,1-2H2,3H3;1-2H3;3*1H4;1H3;;/q;-1;;;;;;-1;2*+1. The van der Waals surface area contributed by atoms with Crippen LogP contribution in [0.3, 0.4) is 0 Å². The number of hydrogen-bond donors (Lipinski definition) is 0. The van der Waals surface area contributed by atoms with Crippen molar-refractivity contribution in [3.8, 4) is 0 Å². The molecule has 0 heterocycles. The van der Waals surface area contributed by atoms with Gasteiger partial charge in [-0.15, -0.1) is 0 Å². The summed E-state index contributed by atoms with van der Waals surface area (Å²) >= 11 is 0. The third kappa shape index (κ3) is 43.2. The fraction of sp³-hybridized carbons (Fsp3) is 0.765. The molecule has 0 atom stereocenters. The van der Waals surface area contributed by atoms with Crippen molar-refractivity contribution in [2.45, 2.75) is 160 Å². The molecule has 0 fully saturated rings. The second kappa shape index (κ2) is 36.0. The molecule has 0 bridgehead atoms. The van der Waals surface area contributed by atoms with Gasteiger partial charge in [-0.2, -0.15) is 6.42 Å². The van der Waals surface area contributed by atoms with Gasteiger partial charge in [0.05, 0.1) is 0 Å². The molecule has 6 heteroatoms. The normalized spacial score (nSPS) is 9.80. The van der Waals surface area contributed by atoms with E-state index in [4.69, 9.17) is 8.85 Å². The third-order valence-electron chi connectivity index (χ3n) is 6.18. The monoisotopic (exact) mass is 591 g/mol. The van der Waals surface area contributed by atoms with Gasteiger partial charge in [-0.1, -0.05) is 114 Å². The summed E-state index contributed by atoms with van der Waals surface area (Å²) in [5, 5.41) is 0.676. The first-order valence-electron chi connectivity index (χ1n) is 13.2. The van der Waals surface area contributed by atoms with Gasteiger partial charge in [0.15, 0.2) is 16.6 Å². The maximum atomic E-state index is 6.12. The Balaban J connectivity index is -0.0000000416. The molecular weight excluding hydrogens is 510 g/mol. The van der Waals surface area contributed by atoms with Gasteiger partial charge in [0.25, 0.3) is 0 Å². The molecule has 0 saturated carbocycles. The van der Waals surface area contributed by atoms with E-state index in [9.17, 15) is 0 Å². The second-order valence-corrected chi connectivity index (χ2v) is 21.5. The first-order valence-corrected chi connectivity index (χ1v) is 19.0. The summed E-state index contributed by atoms with van der Waals surface area (Å²) in [5.74, 6) is 0. The van der Waals surface area contributed by atoms with Gasteiger partial charge in [-0.05, 0) is 76.3 Å². The largest absolute Gasteiger partial charge is 1.00 e. The molecule has 238 valence electrons. The van der Waals surface area contributed by atoms with Gasteiger partial charge < -0.3 is 23.2 Å². The molecule has 0 aromatic carbocycles. The number of rotatable bonds is 10. The van der Waals surface area contributed by atoms with Gasteiger partial charge in [0.2, 0.25) is 0 Å². The first kappa shape index (κ1) is 68.1. The van der Waals surface area contributed by atoms with Crippen molar-refractivity contribution in [3.05, 3.63) is 50.8 Å². The van der Waals surface area contributed by atoms with Gasteiger partial charge in [-0.25, -0.2) is 0 Å². The van der Waals surface area contributed by atoms with E-state index >= 15 is 0 Å². The molecule has 0 rings (SSSR count). The minimum Gasteiger partial charge on any atom is -0.419 e. The summed E-state index contributed by atoms with van der Waals surface area (Å²) < 4.78 is 11.9. The van der Waals surface area contributed by atoms with Gasteiger partial charge in [0.1, 0.15) is 0 Å². The molecule has 2 nitrogen and oxygen atoms in total. The van der Waals surface area contributed by atoms with Gasteiger partial charge in [-0.3, -0.25) is 0 Å². The number of unbranched alkanes of at least 4 members (excludes halogenated alkanes) is 2. The van der Waals surface area contributed by atoms with Gasteiger partial charge >= 0.3 is 37.7 Å². The number of allylic oxidation sites excluding steroid dienone is 4. The Morgan fingerprint density at radius 1 is 0.750 bits per heavy atom. The van der Waals surface area contributed by atoms with Crippen molar-refractivity contribution >= 4 is 16.6 Å². The molecule has 0 aromatic rings. The zero-order valence-corrected chi connectivity index (χ0v) is 31.3. The van der Waals surface area contributed by atoms with Crippen LogP contribution in [-0.2, 0) is 8.85 Å². The van der Waals surface area contributed by atoms with Crippen molar-refractivity contribution < 1.29 is 46.6 Å². The Bertz CT molecular complexity index is 541. The molecule has 0 aromatic heterocycles. The molecule has 0 aliphatic rings. The maximum Gasteiger partial charge on any atom is 1.00 e. The second-order valence-electron chi connectivity index (χ2n) is 11.9. The Morgan fingerprint density at radius 3 is 1.27 bits per heavy atom. The Morgan fingerprint density at radius 2 is 1.05 bits per heavy atom. The minimum absolute atomic E-state index is 0. The summed E-state index contributed by atoms with van der Waals surface area (Å²) in [6.45, 7) is 45.6. The molecule has 0 aliphatic heterocycles. The zero-order valence-electron chi connectivity index (χ0n) is 29.3. The van der Waals surface area contributed by atoms with E-state index in [2.05, 4.69) is 108 Å². The van der Waals surface area contributed by atoms with Crippen molar-refractivity contribution in [1.29, 1.82) is 0 Å². The van der Waals surface area contributed by atoms with Crippen LogP contribution in [0.5, 0.6) is 0 Å². The fourth-order valence-corrected chi connectivity index (χ4v) is 3.90. The van der Waals surface area contributed by atoms with Crippen LogP contribution in [0.4, 0.5) is 0 Å². The minimum atomic E-state index is -1.50. The summed E-state index contributed by atoms with van der Waals surface area (Å²) in [6.07, 6.45) is 8.55. The predicted molar refractivity (Wildman–Crippen MR) is 193 cm³/mol. The average molecular weight is 591 g/mol. The van der Waals surface area contributed by atoms with Crippen LogP contribution in [0.15, 0.2) is 36.5 Å². The van der Waals surface area contributed by atoms with Crippen LogP contribution in [0.25, 0.3) is 0 Å². The van der Waals surface area contributed by atoms with Crippen LogP contribution in [0.2, 0.25) is 36.3 Å². The molecule has 0 unspecified atom stereocenters. The van der Waals surface area contributed by atoms with E-state index in [0.717, 1.165) is 25.2 Å². The Kier molecular flexibility index (Phi) is 61.2. The first-order chi connectivity index (χ1) is 15.2. The van der Waals surface area contributed by atoms with Gasteiger partial charge in [0, 0.05) is 13.2 Å². The molecule has 0 amide bonds. The van der Waals surface area contributed by atoms with Crippen LogP contribution in [-0.4, -0.2) is 29.8 Å². The van der Waals surface area contributed by atoms with Crippen molar-refractivity contribution in [2.75, 3.05) is 13.2 Å². The fourth-order valence-electron chi connectivity index (χ4n) is 1.72. The quantitative estimate of drug-likeness (QED) is 0.0861. The number of hydrogen-bond acceptors (Lipinski definition) is 2. The van der Waals surface area contributed by atoms with Crippen LogP contribution in [0, 0.1) is 14.4 Å². The van der Waals surface area contributed by atoms with E-state index in [1.807, 2.05) is 20.8 Å². The van der Waals surface area contributed by atoms with E-state index in [1.165, 1.54) is 24.8 Å². The smallest absolute Gasteiger partial charge is 0.419 e. The molecule has 0 spiro atoms. The van der Waals surface area contributed by atoms with E-state index in [0.29, 0.717) is 10.1 Å². The Hall–Kier alpha value is 0.769. The van der Waals surface area contributed by atoms with Crippen LogP contribution < -0.4 is 37.7 Å². The summed E-state index contributed by atoms with van der Waals surface area (Å²) in [6, 6.07) is 0. The maximum absolute atomic E-state index is 6.12. The van der Waals surface area contributed by atoms with Crippen molar-refractivity contribution in [3.63, 3.8) is 0 Å². The molecule has 0 N–H and O–H groups in total. The molecule has 0 aliphatic carbocycles. The average Bonchev–Trinajstić information content (AvgIpc) is 2.69. The topological polar surface area (TPSA) is 18.5 Å². The summed E-state index contributed by atoms with van der Waals surface area (Å²) in [4.78, 5) is 0. The third-order valence-corrected chi connectivity index (χ3v) is 15.3. The van der Waals surface area contributed by atoms with E-state index in [-0.39, 0.29) is 67.4 Å². The molecule has 0 radical (unpaired) electrons. The molecule has 40 heavy (non-hydrogen) atoms. The zero-order chi connectivity index (χ0) is 28.2. The van der Waals surface area contributed by atoms with Crippen molar-refractivity contribution in [1.82, 2.24) is 0 Å². The molecule has 0 saturated heterocycles. The Labute approximate surface area is 286 Å². The molecular formula is C34H80Li2O2Si2. The van der Waals surface area contributed by atoms with E-state index in [1.54, 1.807) is 6.08 Å². The van der Waals surface area contributed by atoms with Crippen LogP contribution in [0.1, 0.15) is 124 Å². The van der Waals surface area contributed by atoms with E-state index < -0.39 is 16.6 Å². The van der Waals surface area contributed by atoms with Crippen LogP contribution >= 0.6 is 0 Å². The predicted octanol–water partition coefficient (Wildman–Crippen LogP) is 7.52. The summed E-state index contributed by atoms with van der Waals surface area (Å²) in [7, 11) is -2.97.